The van der Waals surface area contributed by atoms with Crippen molar-refractivity contribution in [1.29, 1.82) is 0 Å². The number of halogens is 4. The maximum Gasteiger partial charge on any atom is 0.168 e. The molecule has 0 saturated carbocycles. The molecule has 1 heterocycles. The van der Waals surface area contributed by atoms with E-state index in [1.54, 1.807) is 12.1 Å². The van der Waals surface area contributed by atoms with E-state index < -0.39 is 11.6 Å². The minimum atomic E-state index is -0.944. The first kappa shape index (κ1) is 14.3. The summed E-state index contributed by atoms with van der Waals surface area (Å²) in [5, 5.41) is 3.76. The quantitative estimate of drug-likeness (QED) is 0.817. The number of hydrogen-bond donors (Lipinski definition) is 1. The molecule has 0 saturated heterocycles. The zero-order valence-corrected chi connectivity index (χ0v) is 12.3. The summed E-state index contributed by atoms with van der Waals surface area (Å²) < 4.78 is 27.6. The van der Waals surface area contributed by atoms with E-state index in [9.17, 15) is 8.78 Å². The van der Waals surface area contributed by atoms with Gasteiger partial charge >= 0.3 is 0 Å². The predicted octanol–water partition coefficient (Wildman–Crippen LogP) is 4.53. The number of nitrogens with one attached hydrogen (secondary N) is 1. The van der Waals surface area contributed by atoms with Gasteiger partial charge in [0.2, 0.25) is 0 Å². The second-order valence-electron chi connectivity index (χ2n) is 4.54. The van der Waals surface area contributed by atoms with Gasteiger partial charge in [-0.25, -0.2) is 8.78 Å². The van der Waals surface area contributed by atoms with Crippen LogP contribution in [-0.2, 0) is 0 Å². The van der Waals surface area contributed by atoms with Crippen molar-refractivity contribution in [1.82, 2.24) is 0 Å². The molecule has 2 aromatic rings. The summed E-state index contributed by atoms with van der Waals surface area (Å²) in [5.41, 5.74) is 1.57. The van der Waals surface area contributed by atoms with Crippen LogP contribution in [0.1, 0.15) is 11.1 Å². The molecule has 6 heteroatoms. The Bertz CT molecular complexity index is 745. The van der Waals surface area contributed by atoms with E-state index in [-0.39, 0.29) is 10.6 Å². The van der Waals surface area contributed by atoms with Gasteiger partial charge in [-0.05, 0) is 24.3 Å². The smallest absolute Gasteiger partial charge is 0.168 e. The third-order valence-electron chi connectivity index (χ3n) is 3.24. The Labute approximate surface area is 130 Å². The summed E-state index contributed by atoms with van der Waals surface area (Å²) in [6, 6.07) is 7.38. The predicted molar refractivity (Wildman–Crippen MR) is 81.8 cm³/mol. The van der Waals surface area contributed by atoms with E-state index in [1.165, 1.54) is 12.1 Å². The number of aliphatic imine (C=N–C) groups is 1. The van der Waals surface area contributed by atoms with Crippen molar-refractivity contribution in [2.75, 3.05) is 18.4 Å². The number of fused-ring (bicyclic) bond motifs is 1. The van der Waals surface area contributed by atoms with Crippen LogP contribution in [0.2, 0.25) is 10.0 Å². The van der Waals surface area contributed by atoms with E-state index in [1.807, 2.05) is 0 Å². The number of hydrogen-bond acceptors (Lipinski definition) is 2. The minimum Gasteiger partial charge on any atom is -0.383 e. The largest absolute Gasteiger partial charge is 0.383 e. The van der Waals surface area contributed by atoms with E-state index >= 15 is 0 Å². The monoisotopic (exact) mass is 326 g/mol. The first-order valence-electron chi connectivity index (χ1n) is 6.30. The molecule has 1 aliphatic rings. The van der Waals surface area contributed by atoms with Crippen molar-refractivity contribution in [3.8, 4) is 0 Å². The Hall–Kier alpha value is -1.65. The molecular formula is C15H10Cl2F2N2. The fourth-order valence-electron chi connectivity index (χ4n) is 2.27. The molecule has 0 radical (unpaired) electrons. The lowest BCUT2D eigenvalue weighted by Crippen LogP contribution is -2.09. The van der Waals surface area contributed by atoms with Gasteiger partial charge in [0, 0.05) is 23.4 Å². The highest BCUT2D eigenvalue weighted by Gasteiger charge is 2.23. The highest BCUT2D eigenvalue weighted by molar-refractivity contribution is 6.45. The van der Waals surface area contributed by atoms with Crippen LogP contribution in [0.15, 0.2) is 35.3 Å². The van der Waals surface area contributed by atoms with Crippen molar-refractivity contribution >= 4 is 34.6 Å². The van der Waals surface area contributed by atoms with Gasteiger partial charge in [0.1, 0.15) is 0 Å². The minimum absolute atomic E-state index is 0.0733. The second kappa shape index (κ2) is 5.62. The molecule has 108 valence electrons. The fraction of sp³-hybridized carbons (Fsp3) is 0.133. The highest BCUT2D eigenvalue weighted by atomic mass is 35.5. The molecular weight excluding hydrogens is 317 g/mol. The first-order chi connectivity index (χ1) is 10.1. The zero-order chi connectivity index (χ0) is 15.0. The maximum absolute atomic E-state index is 14.1. The molecule has 0 aromatic heterocycles. The second-order valence-corrected chi connectivity index (χ2v) is 5.33. The van der Waals surface area contributed by atoms with Gasteiger partial charge in [0.15, 0.2) is 11.6 Å². The van der Waals surface area contributed by atoms with Crippen LogP contribution < -0.4 is 5.32 Å². The van der Waals surface area contributed by atoms with Crippen LogP contribution in [-0.4, -0.2) is 18.8 Å². The van der Waals surface area contributed by atoms with Gasteiger partial charge in [0.25, 0.3) is 0 Å². The molecule has 1 N–H and O–H groups in total. The lowest BCUT2D eigenvalue weighted by molar-refractivity contribution is 0.507. The van der Waals surface area contributed by atoms with Crippen molar-refractivity contribution in [2.45, 2.75) is 0 Å². The molecule has 3 rings (SSSR count). The summed E-state index contributed by atoms with van der Waals surface area (Å²) in [6.45, 7) is 0.999. The summed E-state index contributed by atoms with van der Waals surface area (Å²) in [4.78, 5) is 4.34. The molecule has 1 aliphatic heterocycles. The molecule has 0 fully saturated rings. The van der Waals surface area contributed by atoms with Gasteiger partial charge in [-0.2, -0.15) is 0 Å². The van der Waals surface area contributed by atoms with Crippen molar-refractivity contribution < 1.29 is 8.78 Å². The molecule has 0 amide bonds. The van der Waals surface area contributed by atoms with Crippen LogP contribution >= 0.6 is 23.2 Å². The average Bonchev–Trinajstić information content (AvgIpc) is 2.69. The van der Waals surface area contributed by atoms with Gasteiger partial charge in [-0.1, -0.05) is 29.3 Å². The van der Waals surface area contributed by atoms with Gasteiger partial charge in [0.05, 0.1) is 22.3 Å². The topological polar surface area (TPSA) is 24.4 Å². The van der Waals surface area contributed by atoms with Crippen molar-refractivity contribution in [3.05, 3.63) is 63.1 Å². The lowest BCUT2D eigenvalue weighted by atomic mass is 10.00. The third kappa shape index (κ3) is 2.49. The summed E-state index contributed by atoms with van der Waals surface area (Å²) in [5.74, 6) is -1.87. The molecule has 0 bridgehead atoms. The Morgan fingerprint density at radius 3 is 2.71 bits per heavy atom. The van der Waals surface area contributed by atoms with Gasteiger partial charge in [-0.15, -0.1) is 0 Å². The van der Waals surface area contributed by atoms with E-state index in [4.69, 9.17) is 23.2 Å². The summed E-state index contributed by atoms with van der Waals surface area (Å²) in [6.07, 6.45) is 0. The molecule has 0 aliphatic carbocycles. The molecule has 0 atom stereocenters. The third-order valence-corrected chi connectivity index (χ3v) is 4.04. The molecule has 0 unspecified atom stereocenters. The van der Waals surface area contributed by atoms with E-state index in [2.05, 4.69) is 10.3 Å². The van der Waals surface area contributed by atoms with Crippen LogP contribution in [0, 0.1) is 11.6 Å². The SMILES string of the molecule is Fc1cccc(C2=NCCNc3ccc(Cl)c(Cl)c32)c1F. The first-order valence-corrected chi connectivity index (χ1v) is 7.06. The standard InChI is InChI=1S/C15H10Cl2F2N2/c16-9-4-5-11-12(13(9)17)15(21-7-6-20-11)8-2-1-3-10(18)14(8)19/h1-5,20H,6-7H2. The number of benzene rings is 2. The van der Waals surface area contributed by atoms with Gasteiger partial charge in [-0.3, -0.25) is 4.99 Å². The Balaban J connectivity index is 2.28. The van der Waals surface area contributed by atoms with Crippen LogP contribution in [0.5, 0.6) is 0 Å². The fourth-order valence-corrected chi connectivity index (χ4v) is 2.69. The van der Waals surface area contributed by atoms with Crippen LogP contribution in [0.25, 0.3) is 0 Å². The number of rotatable bonds is 1. The van der Waals surface area contributed by atoms with Gasteiger partial charge < -0.3 is 5.32 Å². The van der Waals surface area contributed by atoms with Crippen LogP contribution in [0.4, 0.5) is 14.5 Å². The summed E-state index contributed by atoms with van der Waals surface area (Å²) in [7, 11) is 0. The number of benzodiazepines with no additional fused rings is 1. The van der Waals surface area contributed by atoms with E-state index in [0.717, 1.165) is 6.07 Å². The Kier molecular flexibility index (Phi) is 3.83. The molecule has 21 heavy (non-hydrogen) atoms. The molecule has 0 spiro atoms. The maximum atomic E-state index is 14.1. The van der Waals surface area contributed by atoms with E-state index in [0.29, 0.717) is 35.1 Å². The average molecular weight is 327 g/mol. The van der Waals surface area contributed by atoms with Crippen LogP contribution in [0.3, 0.4) is 0 Å². The number of anilines is 1. The zero-order valence-electron chi connectivity index (χ0n) is 10.8. The molecule has 2 nitrogen and oxygen atoms in total. The Morgan fingerprint density at radius 1 is 1.10 bits per heavy atom. The van der Waals surface area contributed by atoms with Crippen molar-refractivity contribution in [2.24, 2.45) is 4.99 Å². The van der Waals surface area contributed by atoms with Crippen molar-refractivity contribution in [3.63, 3.8) is 0 Å². The Morgan fingerprint density at radius 2 is 1.90 bits per heavy atom. The highest BCUT2D eigenvalue weighted by Crippen LogP contribution is 2.35. The summed E-state index contributed by atoms with van der Waals surface area (Å²) >= 11 is 12.3. The number of nitrogens with zero attached hydrogens (tertiary/aromatic N) is 1. The molecule has 2 aromatic carbocycles. The normalized spacial score (nSPS) is 14.0. The lowest BCUT2D eigenvalue weighted by Gasteiger charge is -2.14.